The van der Waals surface area contributed by atoms with E-state index in [1.165, 1.54) is 11.1 Å². The second kappa shape index (κ2) is 7.72. The molecular weight excluding hydrogens is 360 g/mol. The Morgan fingerprint density at radius 3 is 2.85 bits per heavy atom. The van der Waals surface area contributed by atoms with Gasteiger partial charge in [0, 0.05) is 28.9 Å². The van der Waals surface area contributed by atoms with Crippen LogP contribution in [0.15, 0.2) is 46.5 Å². The number of thiazole rings is 1. The van der Waals surface area contributed by atoms with Gasteiger partial charge in [0.05, 0.1) is 0 Å². The van der Waals surface area contributed by atoms with Crippen LogP contribution < -0.4 is 0 Å². The highest BCUT2D eigenvalue weighted by atomic mass is 32.1. The molecule has 1 aliphatic rings. The van der Waals surface area contributed by atoms with Crippen molar-refractivity contribution in [1.29, 1.82) is 0 Å². The highest BCUT2D eigenvalue weighted by Crippen LogP contribution is 2.29. The highest BCUT2D eigenvalue weighted by Gasteiger charge is 2.29. The van der Waals surface area contributed by atoms with E-state index in [0.29, 0.717) is 5.69 Å². The van der Waals surface area contributed by atoms with E-state index in [0.717, 1.165) is 42.8 Å². The Balaban J connectivity index is 1.56. The van der Waals surface area contributed by atoms with Crippen molar-refractivity contribution < 1.29 is 4.79 Å². The van der Waals surface area contributed by atoms with Gasteiger partial charge in [0.15, 0.2) is 0 Å². The summed E-state index contributed by atoms with van der Waals surface area (Å²) in [5.41, 5.74) is 4.51. The normalized spacial score (nSPS) is 16.3. The summed E-state index contributed by atoms with van der Waals surface area (Å²) in [6, 6.07) is 10.9. The lowest BCUT2D eigenvalue weighted by atomic mass is 9.87. The molecule has 1 aliphatic carbocycles. The molecule has 0 bridgehead atoms. The van der Waals surface area contributed by atoms with Crippen molar-refractivity contribution in [3.63, 3.8) is 0 Å². The first-order chi connectivity index (χ1) is 12.8. The molecule has 0 aliphatic heterocycles. The second-order valence-corrected chi connectivity index (χ2v) is 8.35. The van der Waals surface area contributed by atoms with Crippen LogP contribution in [0.1, 0.15) is 41.4 Å². The van der Waals surface area contributed by atoms with Crippen molar-refractivity contribution in [1.82, 2.24) is 9.88 Å². The lowest BCUT2D eigenvalue weighted by Gasteiger charge is -2.35. The number of hydrogen-bond acceptors (Lipinski definition) is 4. The number of amides is 1. The fourth-order valence-corrected chi connectivity index (χ4v) is 5.18. The van der Waals surface area contributed by atoms with Crippen LogP contribution in [0.3, 0.4) is 0 Å². The smallest absolute Gasteiger partial charge is 0.273 e. The molecule has 1 unspecified atom stereocenters. The van der Waals surface area contributed by atoms with Crippen LogP contribution in [-0.4, -0.2) is 28.4 Å². The zero-order chi connectivity index (χ0) is 17.9. The average Bonchev–Trinajstić information content (AvgIpc) is 3.36. The molecule has 3 aromatic rings. The number of nitrogens with zero attached hydrogens (tertiary/aromatic N) is 2. The van der Waals surface area contributed by atoms with E-state index in [1.54, 1.807) is 22.7 Å². The molecule has 0 N–H and O–H groups in total. The maximum Gasteiger partial charge on any atom is 0.273 e. The third-order valence-electron chi connectivity index (χ3n) is 4.98. The van der Waals surface area contributed by atoms with Gasteiger partial charge < -0.3 is 4.90 Å². The van der Waals surface area contributed by atoms with Crippen molar-refractivity contribution in [2.24, 2.45) is 0 Å². The molecule has 4 rings (SSSR count). The molecule has 26 heavy (non-hydrogen) atoms. The molecule has 0 saturated heterocycles. The third-order valence-corrected chi connectivity index (χ3v) is 6.55. The van der Waals surface area contributed by atoms with Gasteiger partial charge in [-0.15, -0.1) is 11.3 Å². The summed E-state index contributed by atoms with van der Waals surface area (Å²) in [5, 5.41) is 6.96. The molecule has 1 aromatic carbocycles. The summed E-state index contributed by atoms with van der Waals surface area (Å²) in [4.78, 5) is 19.9. The van der Waals surface area contributed by atoms with Crippen LogP contribution in [0.4, 0.5) is 0 Å². The van der Waals surface area contributed by atoms with Crippen molar-refractivity contribution >= 4 is 28.6 Å². The average molecular weight is 383 g/mol. The minimum absolute atomic E-state index is 0.0777. The standard InChI is InChI=1S/C21H22N2OS2/c1-2-10-23(18-8-7-15-5-3-4-6-16(15)12-18)21(24)19-14-26-20(22-19)17-9-11-25-13-17/h3-6,9,11,13-14,18H,2,7-8,10,12H2,1H3. The maximum absolute atomic E-state index is 13.2. The first-order valence-electron chi connectivity index (χ1n) is 9.12. The Labute approximate surface area is 162 Å². The monoisotopic (exact) mass is 382 g/mol. The first-order valence-corrected chi connectivity index (χ1v) is 10.9. The lowest BCUT2D eigenvalue weighted by Crippen LogP contribution is -2.44. The summed E-state index contributed by atoms with van der Waals surface area (Å²) in [5.74, 6) is 0.0777. The fraction of sp³-hybridized carbons (Fsp3) is 0.333. The minimum Gasteiger partial charge on any atom is -0.334 e. The topological polar surface area (TPSA) is 33.2 Å². The van der Waals surface area contributed by atoms with Crippen molar-refractivity contribution in [3.8, 4) is 10.6 Å². The van der Waals surface area contributed by atoms with Crippen LogP contribution in [0, 0.1) is 0 Å². The zero-order valence-corrected chi connectivity index (χ0v) is 16.5. The van der Waals surface area contributed by atoms with Crippen LogP contribution in [0.25, 0.3) is 10.6 Å². The summed E-state index contributed by atoms with van der Waals surface area (Å²) in [6.07, 6.45) is 3.99. The first kappa shape index (κ1) is 17.4. The Kier molecular flexibility index (Phi) is 5.18. The molecule has 1 amide bonds. The number of aryl methyl sites for hydroxylation is 1. The van der Waals surface area contributed by atoms with Crippen molar-refractivity contribution in [3.05, 3.63) is 63.3 Å². The minimum atomic E-state index is 0.0777. The van der Waals surface area contributed by atoms with E-state index < -0.39 is 0 Å². The van der Waals surface area contributed by atoms with Gasteiger partial charge in [-0.3, -0.25) is 4.79 Å². The van der Waals surface area contributed by atoms with E-state index in [1.807, 2.05) is 10.8 Å². The Hall–Kier alpha value is -1.98. The number of rotatable bonds is 5. The molecule has 0 saturated carbocycles. The van der Waals surface area contributed by atoms with Crippen molar-refractivity contribution in [2.75, 3.05) is 6.54 Å². The molecular formula is C21H22N2OS2. The van der Waals surface area contributed by atoms with Crippen LogP contribution >= 0.6 is 22.7 Å². The molecule has 134 valence electrons. The Bertz CT molecular complexity index is 885. The van der Waals surface area contributed by atoms with E-state index in [2.05, 4.69) is 52.5 Å². The van der Waals surface area contributed by atoms with Gasteiger partial charge in [0.1, 0.15) is 10.7 Å². The molecule has 5 heteroatoms. The van der Waals surface area contributed by atoms with E-state index in [4.69, 9.17) is 0 Å². The van der Waals surface area contributed by atoms with Gasteiger partial charge in [-0.2, -0.15) is 11.3 Å². The van der Waals surface area contributed by atoms with E-state index in [-0.39, 0.29) is 11.9 Å². The van der Waals surface area contributed by atoms with Gasteiger partial charge in [0.25, 0.3) is 5.91 Å². The highest BCUT2D eigenvalue weighted by molar-refractivity contribution is 7.14. The number of fused-ring (bicyclic) bond motifs is 1. The SMILES string of the molecule is CCCN(C(=O)c1csc(-c2ccsc2)n1)C1CCc2ccccc2C1. The number of thiophene rings is 1. The summed E-state index contributed by atoms with van der Waals surface area (Å²) < 4.78 is 0. The molecule has 0 fully saturated rings. The Morgan fingerprint density at radius 1 is 1.23 bits per heavy atom. The molecule has 0 spiro atoms. The van der Waals surface area contributed by atoms with E-state index >= 15 is 0 Å². The molecule has 2 aromatic heterocycles. The van der Waals surface area contributed by atoms with Gasteiger partial charge >= 0.3 is 0 Å². The van der Waals surface area contributed by atoms with Gasteiger partial charge in [-0.1, -0.05) is 31.2 Å². The largest absolute Gasteiger partial charge is 0.334 e. The second-order valence-electron chi connectivity index (χ2n) is 6.71. The summed E-state index contributed by atoms with van der Waals surface area (Å²) in [7, 11) is 0. The van der Waals surface area contributed by atoms with Crippen LogP contribution in [-0.2, 0) is 12.8 Å². The predicted octanol–water partition coefficient (Wildman–Crippen LogP) is 5.28. The molecule has 2 heterocycles. The fourth-order valence-electron chi connectivity index (χ4n) is 3.67. The Morgan fingerprint density at radius 2 is 2.08 bits per heavy atom. The number of hydrogen-bond donors (Lipinski definition) is 0. The van der Waals surface area contributed by atoms with Gasteiger partial charge in [-0.05, 0) is 48.3 Å². The molecule has 1 atom stereocenters. The predicted molar refractivity (Wildman–Crippen MR) is 109 cm³/mol. The van der Waals surface area contributed by atoms with Gasteiger partial charge in [0.2, 0.25) is 0 Å². The number of benzene rings is 1. The summed E-state index contributed by atoms with van der Waals surface area (Å²) in [6.45, 7) is 2.92. The lowest BCUT2D eigenvalue weighted by molar-refractivity contribution is 0.0656. The van der Waals surface area contributed by atoms with Crippen molar-refractivity contribution in [2.45, 2.75) is 38.6 Å². The summed E-state index contributed by atoms with van der Waals surface area (Å²) >= 11 is 3.21. The van der Waals surface area contributed by atoms with Crippen LogP contribution in [0.2, 0.25) is 0 Å². The number of carbonyl (C=O) groups is 1. The third kappa shape index (κ3) is 3.46. The van der Waals surface area contributed by atoms with E-state index in [9.17, 15) is 4.79 Å². The molecule has 0 radical (unpaired) electrons. The maximum atomic E-state index is 13.2. The quantitative estimate of drug-likeness (QED) is 0.601. The molecule has 3 nitrogen and oxygen atoms in total. The zero-order valence-electron chi connectivity index (χ0n) is 14.9. The number of aromatic nitrogens is 1. The number of carbonyl (C=O) groups excluding carboxylic acids is 1. The van der Waals surface area contributed by atoms with Crippen LogP contribution in [0.5, 0.6) is 0 Å². The van der Waals surface area contributed by atoms with Gasteiger partial charge in [-0.25, -0.2) is 4.98 Å².